The van der Waals surface area contributed by atoms with E-state index in [-0.39, 0.29) is 5.83 Å². The number of carbonyl (C=O) groups excluding carboxylic acids is 1. The topological polar surface area (TPSA) is 46.1 Å². The number of benzene rings is 1. The number of nitrogens with zero attached hydrogens (tertiary/aromatic N) is 4. The van der Waals surface area contributed by atoms with Gasteiger partial charge < -0.3 is 4.90 Å². The van der Waals surface area contributed by atoms with Gasteiger partial charge >= 0.3 is 5.95 Å². The lowest BCUT2D eigenvalue weighted by Gasteiger charge is -2.43. The summed E-state index contributed by atoms with van der Waals surface area (Å²) >= 11 is 0. The fourth-order valence-electron chi connectivity index (χ4n) is 4.13. The van der Waals surface area contributed by atoms with Gasteiger partial charge in [-0.25, -0.2) is 8.87 Å². The second-order valence-electron chi connectivity index (χ2n) is 7.63. The van der Waals surface area contributed by atoms with E-state index in [0.29, 0.717) is 43.0 Å². The van der Waals surface area contributed by atoms with Crippen molar-refractivity contribution >= 4 is 12.4 Å². The number of hydrogen-bond donors (Lipinski definition) is 0. The predicted molar refractivity (Wildman–Crippen MR) is 107 cm³/mol. The molecule has 1 saturated heterocycles. The van der Waals surface area contributed by atoms with Gasteiger partial charge in [0, 0.05) is 23.9 Å². The van der Waals surface area contributed by atoms with Crippen molar-refractivity contribution in [3.63, 3.8) is 0 Å². The summed E-state index contributed by atoms with van der Waals surface area (Å²) in [6, 6.07) is 11.5. The van der Waals surface area contributed by atoms with Crippen molar-refractivity contribution in [3.8, 4) is 0 Å². The van der Waals surface area contributed by atoms with Crippen LogP contribution in [-0.4, -0.2) is 47.5 Å². The molecule has 0 N–H and O–H groups in total. The number of piperazine rings is 1. The molecule has 1 aliphatic heterocycles. The highest BCUT2D eigenvalue weighted by Crippen LogP contribution is 2.43. The second-order valence-corrected chi connectivity index (χ2v) is 7.63. The summed E-state index contributed by atoms with van der Waals surface area (Å²) < 4.78 is 15.8. The first-order valence-corrected chi connectivity index (χ1v) is 9.56. The Morgan fingerprint density at radius 3 is 2.39 bits per heavy atom. The molecule has 1 amide bonds. The van der Waals surface area contributed by atoms with Gasteiger partial charge in [0.2, 0.25) is 6.41 Å². The number of allylic oxidation sites excluding steroid dienone is 3. The van der Waals surface area contributed by atoms with Crippen molar-refractivity contribution < 1.29 is 9.18 Å². The molecule has 5 nitrogen and oxygen atoms in total. The Balaban J connectivity index is 1.72. The molecule has 6 heteroatoms. The molecule has 1 aromatic carbocycles. The number of quaternary nitrogens is 1. The summed E-state index contributed by atoms with van der Waals surface area (Å²) in [6.45, 7) is 4.37. The number of carbonyl (C=O) groups is 1. The molecular formula is C22H24FN4O+. The number of rotatable bonds is 4. The van der Waals surface area contributed by atoms with E-state index in [9.17, 15) is 4.79 Å². The third-order valence-electron chi connectivity index (χ3n) is 6.05. The maximum Gasteiger partial charge on any atom is 0.334 e. The van der Waals surface area contributed by atoms with Gasteiger partial charge in [-0.05, 0) is 31.1 Å². The molecule has 2 aliphatic rings. The van der Waals surface area contributed by atoms with Gasteiger partial charge in [-0.1, -0.05) is 30.3 Å². The van der Waals surface area contributed by atoms with Gasteiger partial charge in [-0.3, -0.25) is 4.79 Å². The predicted octanol–water partition coefficient (Wildman–Crippen LogP) is 3.35. The Morgan fingerprint density at radius 1 is 1.11 bits per heavy atom. The van der Waals surface area contributed by atoms with Crippen molar-refractivity contribution in [1.29, 1.82) is 0 Å². The van der Waals surface area contributed by atoms with Crippen LogP contribution in [0.2, 0.25) is 0 Å². The first kappa shape index (κ1) is 18.5. The fourth-order valence-corrected chi connectivity index (χ4v) is 4.13. The van der Waals surface area contributed by atoms with Gasteiger partial charge in [0.25, 0.3) is 0 Å². The molecule has 28 heavy (non-hydrogen) atoms. The van der Waals surface area contributed by atoms with Crippen LogP contribution < -0.4 is 4.48 Å². The quantitative estimate of drug-likeness (QED) is 0.605. The molecule has 1 aliphatic carbocycles. The Morgan fingerprint density at radius 2 is 1.79 bits per heavy atom. The highest BCUT2D eigenvalue weighted by molar-refractivity contribution is 5.51. The molecule has 4 rings (SSSR count). The Kier molecular flexibility index (Phi) is 4.81. The van der Waals surface area contributed by atoms with Crippen molar-refractivity contribution in [2.24, 2.45) is 0 Å². The number of halogens is 1. The van der Waals surface area contributed by atoms with Crippen molar-refractivity contribution in [1.82, 2.24) is 19.4 Å². The van der Waals surface area contributed by atoms with Crippen LogP contribution in [0.3, 0.4) is 0 Å². The van der Waals surface area contributed by atoms with E-state index in [1.54, 1.807) is 29.4 Å². The lowest BCUT2D eigenvalue weighted by molar-refractivity contribution is -0.119. The van der Waals surface area contributed by atoms with Crippen molar-refractivity contribution in [2.45, 2.75) is 18.8 Å². The van der Waals surface area contributed by atoms with Gasteiger partial charge in [0.15, 0.2) is 0 Å². The standard InChI is InChI=1S/C22H24FN4O/c1-22(18-6-3-2-4-7-18)9-8-19(16-20(22)23)27(21-24-10-5-11-25-21)14-12-26(17-28)13-15-27/h2-8,10-11,16-17H,9,12-15H2,1H3/q+1. The smallest absolute Gasteiger partial charge is 0.334 e. The Labute approximate surface area is 164 Å². The van der Waals surface area contributed by atoms with Gasteiger partial charge in [-0.15, -0.1) is 0 Å². The van der Waals surface area contributed by atoms with E-state index in [4.69, 9.17) is 0 Å². The average Bonchev–Trinajstić information content (AvgIpc) is 2.77. The SMILES string of the molecule is CC1(c2ccccc2)CC=C([N+]2(c3ncccn3)CCN(C=O)CC2)C=C1F. The summed E-state index contributed by atoms with van der Waals surface area (Å²) in [5.41, 5.74) is 1.16. The molecule has 0 spiro atoms. The van der Waals surface area contributed by atoms with Gasteiger partial charge in [-0.2, -0.15) is 9.97 Å². The molecule has 1 fully saturated rings. The van der Waals surface area contributed by atoms with E-state index in [0.717, 1.165) is 17.7 Å². The summed E-state index contributed by atoms with van der Waals surface area (Å²) in [6.07, 6.45) is 8.64. The number of aromatic nitrogens is 2. The third kappa shape index (κ3) is 3.03. The molecule has 2 heterocycles. The molecule has 0 bridgehead atoms. The minimum absolute atomic E-state index is 0.151. The molecule has 0 radical (unpaired) electrons. The third-order valence-corrected chi connectivity index (χ3v) is 6.05. The minimum Gasteiger partial charge on any atom is -0.334 e. The second kappa shape index (κ2) is 7.28. The van der Waals surface area contributed by atoms with Crippen molar-refractivity contribution in [2.75, 3.05) is 26.2 Å². The monoisotopic (exact) mass is 379 g/mol. The van der Waals surface area contributed by atoms with E-state index < -0.39 is 5.41 Å². The lowest BCUT2D eigenvalue weighted by atomic mass is 9.75. The molecule has 1 atom stereocenters. The van der Waals surface area contributed by atoms with Crippen LogP contribution in [-0.2, 0) is 10.2 Å². The van der Waals surface area contributed by atoms with Crippen LogP contribution in [0.15, 0.2) is 72.5 Å². The van der Waals surface area contributed by atoms with E-state index in [2.05, 4.69) is 16.0 Å². The maximum atomic E-state index is 15.5. The van der Waals surface area contributed by atoms with E-state index >= 15 is 4.39 Å². The first-order chi connectivity index (χ1) is 13.6. The van der Waals surface area contributed by atoms with Crippen LogP contribution in [0.5, 0.6) is 0 Å². The lowest BCUT2D eigenvalue weighted by Crippen LogP contribution is -2.60. The highest BCUT2D eigenvalue weighted by Gasteiger charge is 2.44. The Hall–Kier alpha value is -2.86. The van der Waals surface area contributed by atoms with Crippen molar-refractivity contribution in [3.05, 3.63) is 78.0 Å². The summed E-state index contributed by atoms with van der Waals surface area (Å²) in [7, 11) is 0. The van der Waals surface area contributed by atoms with Gasteiger partial charge in [0.1, 0.15) is 24.6 Å². The molecule has 1 unspecified atom stereocenters. The summed E-state index contributed by atoms with van der Waals surface area (Å²) in [5.74, 6) is 0.495. The van der Waals surface area contributed by atoms with E-state index in [1.165, 1.54) is 0 Å². The number of amides is 1. The Bertz CT molecular complexity index is 905. The molecule has 2 aromatic rings. The summed E-state index contributed by atoms with van der Waals surface area (Å²) in [4.78, 5) is 21.9. The van der Waals surface area contributed by atoms with Gasteiger partial charge in [0.05, 0.1) is 13.1 Å². The van der Waals surface area contributed by atoms with Crippen LogP contribution in [0.4, 0.5) is 10.3 Å². The van der Waals surface area contributed by atoms with Crippen LogP contribution in [0.1, 0.15) is 18.9 Å². The minimum atomic E-state index is -0.670. The molecule has 1 aromatic heterocycles. The first-order valence-electron chi connectivity index (χ1n) is 9.56. The molecule has 0 saturated carbocycles. The highest BCUT2D eigenvalue weighted by atomic mass is 19.1. The van der Waals surface area contributed by atoms with Crippen LogP contribution >= 0.6 is 0 Å². The zero-order valence-electron chi connectivity index (χ0n) is 16.0. The van der Waals surface area contributed by atoms with Crippen LogP contribution in [0, 0.1) is 0 Å². The summed E-state index contributed by atoms with van der Waals surface area (Å²) in [5, 5.41) is 0. The zero-order chi connectivity index (χ0) is 19.6. The average molecular weight is 379 g/mol. The van der Waals surface area contributed by atoms with Crippen LogP contribution in [0.25, 0.3) is 0 Å². The zero-order valence-corrected chi connectivity index (χ0v) is 16.0. The fraction of sp³-hybridized carbons (Fsp3) is 0.318. The largest absolute Gasteiger partial charge is 0.334 e. The maximum absolute atomic E-state index is 15.5. The molecule has 144 valence electrons. The normalized spacial score (nSPS) is 24.3. The number of hydrogen-bond acceptors (Lipinski definition) is 3. The van der Waals surface area contributed by atoms with E-state index in [1.807, 2.05) is 37.3 Å². The molecular weight excluding hydrogens is 355 g/mol.